The smallest absolute Gasteiger partial charge is 0.0981 e. The maximum Gasteiger partial charge on any atom is 0.0981 e. The molecule has 4 rings (SSSR count). The van der Waals surface area contributed by atoms with Crippen molar-refractivity contribution in [2.45, 2.75) is 26.7 Å². The number of rotatable bonds is 4. The molecule has 0 aliphatic heterocycles. The quantitative estimate of drug-likeness (QED) is 0.414. The molecule has 142 valence electrons. The zero-order chi connectivity index (χ0) is 19.8. The highest BCUT2D eigenvalue weighted by Gasteiger charge is 2.30. The van der Waals surface area contributed by atoms with Crippen LogP contribution >= 0.6 is 22.9 Å². The first-order valence-electron chi connectivity index (χ1n) is 9.13. The lowest BCUT2D eigenvalue weighted by atomic mass is 9.95. The molecule has 0 amide bonds. The molecule has 4 nitrogen and oxygen atoms in total. The Morgan fingerprint density at radius 1 is 1.32 bits per heavy atom. The molecule has 0 spiro atoms. The minimum atomic E-state index is 0.684. The zero-order valence-corrected chi connectivity index (χ0v) is 17.7. The van der Waals surface area contributed by atoms with Crippen molar-refractivity contribution >= 4 is 34.7 Å². The van der Waals surface area contributed by atoms with Crippen molar-refractivity contribution in [2.75, 3.05) is 7.05 Å². The highest BCUT2D eigenvalue weighted by Crippen LogP contribution is 2.42. The van der Waals surface area contributed by atoms with Crippen LogP contribution in [0.2, 0.25) is 5.02 Å². The van der Waals surface area contributed by atoms with Crippen molar-refractivity contribution in [3.05, 3.63) is 69.5 Å². The average molecular weight is 409 g/mol. The molecule has 0 radical (unpaired) electrons. The number of halogens is 1. The number of aromatic nitrogens is 3. The minimum Gasteiger partial charge on any atom is -0.296 e. The van der Waals surface area contributed by atoms with Gasteiger partial charge in [0.2, 0.25) is 0 Å². The number of nitrogens with zero attached hydrogens (tertiary/aromatic N) is 4. The third-order valence-corrected chi connectivity index (χ3v) is 6.11. The molecule has 0 bridgehead atoms. The SMILES string of the molecule is C=C/C=C(\C=NC)c1nn(-c2ccc(C)cc2Cl)c2c1CCc1nc(C)sc1-2. The summed E-state index contributed by atoms with van der Waals surface area (Å²) in [4.78, 5) is 10.1. The van der Waals surface area contributed by atoms with Crippen LogP contribution in [-0.4, -0.2) is 28.0 Å². The summed E-state index contributed by atoms with van der Waals surface area (Å²) in [5.74, 6) is 0. The summed E-state index contributed by atoms with van der Waals surface area (Å²) in [5.41, 5.74) is 7.31. The fourth-order valence-electron chi connectivity index (χ4n) is 3.63. The Kier molecular flexibility index (Phi) is 5.04. The van der Waals surface area contributed by atoms with E-state index in [1.165, 1.54) is 10.4 Å². The summed E-state index contributed by atoms with van der Waals surface area (Å²) >= 11 is 8.33. The van der Waals surface area contributed by atoms with Crippen molar-refractivity contribution < 1.29 is 0 Å². The summed E-state index contributed by atoms with van der Waals surface area (Å²) in [5, 5.41) is 6.75. The standard InChI is InChI=1S/C22H21ClN4S/c1-5-6-15(12-24-4)20-16-8-9-18-22(28-14(3)25-18)21(16)27(26-20)19-10-7-13(2)11-17(19)23/h5-7,10-12H,1,8-9H2,2-4H3/b15-6+,24-12?. The molecule has 0 N–H and O–H groups in total. The number of benzene rings is 1. The molecule has 2 heterocycles. The normalized spacial score (nSPS) is 13.6. The van der Waals surface area contributed by atoms with E-state index in [0.29, 0.717) is 5.02 Å². The summed E-state index contributed by atoms with van der Waals surface area (Å²) in [6.07, 6.45) is 7.35. The molecule has 2 aromatic heterocycles. The summed E-state index contributed by atoms with van der Waals surface area (Å²) in [6.45, 7) is 7.93. The second-order valence-corrected chi connectivity index (χ2v) is 8.41. The van der Waals surface area contributed by atoms with Gasteiger partial charge in [-0.1, -0.05) is 36.4 Å². The van der Waals surface area contributed by atoms with Gasteiger partial charge in [-0.05, 0) is 44.4 Å². The second kappa shape index (κ2) is 7.49. The van der Waals surface area contributed by atoms with E-state index >= 15 is 0 Å². The number of allylic oxidation sites excluding steroid dienone is 3. The molecule has 0 unspecified atom stereocenters. The van der Waals surface area contributed by atoms with Crippen LogP contribution in [0.1, 0.15) is 27.5 Å². The molecule has 1 aromatic carbocycles. The summed E-state index contributed by atoms with van der Waals surface area (Å²) < 4.78 is 1.97. The molecule has 0 saturated heterocycles. The van der Waals surface area contributed by atoms with Crippen LogP contribution in [0.5, 0.6) is 0 Å². The van der Waals surface area contributed by atoms with Crippen LogP contribution in [-0.2, 0) is 12.8 Å². The van der Waals surface area contributed by atoms with Gasteiger partial charge in [-0.2, -0.15) is 5.10 Å². The van der Waals surface area contributed by atoms with Crippen LogP contribution in [0.4, 0.5) is 0 Å². The molecule has 6 heteroatoms. The van der Waals surface area contributed by atoms with E-state index < -0.39 is 0 Å². The third kappa shape index (κ3) is 3.15. The maximum atomic E-state index is 6.62. The lowest BCUT2D eigenvalue weighted by Gasteiger charge is -2.15. The molecular formula is C22H21ClN4S. The predicted molar refractivity (Wildman–Crippen MR) is 119 cm³/mol. The number of fused-ring (bicyclic) bond motifs is 3. The van der Waals surface area contributed by atoms with Gasteiger partial charge in [-0.3, -0.25) is 4.99 Å². The Hall–Kier alpha value is -2.50. The predicted octanol–water partition coefficient (Wildman–Crippen LogP) is 5.63. The van der Waals surface area contributed by atoms with Crippen molar-refractivity contribution in [3.63, 3.8) is 0 Å². The van der Waals surface area contributed by atoms with E-state index in [1.807, 2.05) is 36.0 Å². The molecule has 1 aliphatic rings. The number of hydrogen-bond acceptors (Lipinski definition) is 4. The van der Waals surface area contributed by atoms with Crippen molar-refractivity contribution in [2.24, 2.45) is 4.99 Å². The average Bonchev–Trinajstić information content (AvgIpc) is 3.21. The first-order chi connectivity index (χ1) is 13.5. The molecule has 0 fully saturated rings. The Morgan fingerprint density at radius 3 is 2.86 bits per heavy atom. The van der Waals surface area contributed by atoms with Crippen molar-refractivity contribution in [3.8, 4) is 16.3 Å². The van der Waals surface area contributed by atoms with Gasteiger partial charge >= 0.3 is 0 Å². The van der Waals surface area contributed by atoms with Gasteiger partial charge in [0, 0.05) is 24.4 Å². The number of aryl methyl sites for hydroxylation is 3. The lowest BCUT2D eigenvalue weighted by Crippen LogP contribution is -2.06. The van der Waals surface area contributed by atoms with E-state index in [0.717, 1.165) is 51.8 Å². The van der Waals surface area contributed by atoms with Gasteiger partial charge in [0.15, 0.2) is 0 Å². The first kappa shape index (κ1) is 18.8. The van der Waals surface area contributed by atoms with Crippen molar-refractivity contribution in [1.29, 1.82) is 0 Å². The second-order valence-electron chi connectivity index (χ2n) is 6.80. The third-order valence-electron chi connectivity index (χ3n) is 4.79. The molecule has 0 atom stereocenters. The topological polar surface area (TPSA) is 43.1 Å². The van der Waals surface area contributed by atoms with Crippen LogP contribution in [0.15, 0.2) is 41.9 Å². The maximum absolute atomic E-state index is 6.62. The van der Waals surface area contributed by atoms with Crippen molar-refractivity contribution in [1.82, 2.24) is 14.8 Å². The fourth-order valence-corrected chi connectivity index (χ4v) is 4.97. The largest absolute Gasteiger partial charge is 0.296 e. The zero-order valence-electron chi connectivity index (χ0n) is 16.2. The Bertz CT molecular complexity index is 1130. The van der Waals surface area contributed by atoms with Gasteiger partial charge < -0.3 is 0 Å². The van der Waals surface area contributed by atoms with Crippen LogP contribution in [0.25, 0.3) is 21.8 Å². The van der Waals surface area contributed by atoms with Gasteiger partial charge in [-0.15, -0.1) is 11.3 Å². The van der Waals surface area contributed by atoms with E-state index in [4.69, 9.17) is 21.7 Å². The van der Waals surface area contributed by atoms with Crippen LogP contribution in [0, 0.1) is 13.8 Å². The van der Waals surface area contributed by atoms with Crippen LogP contribution in [0.3, 0.4) is 0 Å². The van der Waals surface area contributed by atoms with Gasteiger partial charge in [-0.25, -0.2) is 9.67 Å². The summed E-state index contributed by atoms with van der Waals surface area (Å²) in [7, 11) is 1.77. The Balaban J connectivity index is 2.04. The fraction of sp³-hybridized carbons (Fsp3) is 0.227. The number of aliphatic imine (C=N–C) groups is 1. The molecular weight excluding hydrogens is 388 g/mol. The van der Waals surface area contributed by atoms with Gasteiger partial charge in [0.25, 0.3) is 0 Å². The number of thiazole rings is 1. The van der Waals surface area contributed by atoms with Gasteiger partial charge in [0.05, 0.1) is 37.7 Å². The lowest BCUT2D eigenvalue weighted by molar-refractivity contribution is 0.868. The molecule has 3 aromatic rings. The minimum absolute atomic E-state index is 0.684. The molecule has 0 saturated carbocycles. The van der Waals surface area contributed by atoms with E-state index in [-0.39, 0.29) is 0 Å². The summed E-state index contributed by atoms with van der Waals surface area (Å²) in [6, 6.07) is 6.06. The van der Waals surface area contributed by atoms with E-state index in [9.17, 15) is 0 Å². The molecule has 1 aliphatic carbocycles. The number of hydrogen-bond donors (Lipinski definition) is 0. The van der Waals surface area contributed by atoms with Crippen LogP contribution < -0.4 is 0 Å². The van der Waals surface area contributed by atoms with Gasteiger partial charge in [0.1, 0.15) is 0 Å². The van der Waals surface area contributed by atoms with E-state index in [2.05, 4.69) is 24.6 Å². The van der Waals surface area contributed by atoms with E-state index in [1.54, 1.807) is 24.5 Å². The first-order valence-corrected chi connectivity index (χ1v) is 10.3. The highest BCUT2D eigenvalue weighted by atomic mass is 35.5. The monoisotopic (exact) mass is 408 g/mol. The highest BCUT2D eigenvalue weighted by molar-refractivity contribution is 7.15. The molecule has 28 heavy (non-hydrogen) atoms. The Morgan fingerprint density at radius 2 is 2.14 bits per heavy atom. The Labute approximate surface area is 173 Å².